The molecule has 1 atom stereocenters. The molecule has 36 heavy (non-hydrogen) atoms. The van der Waals surface area contributed by atoms with E-state index in [1.54, 1.807) is 36.4 Å². The molecule has 0 saturated carbocycles. The largest absolute Gasteiger partial charge is 0.377 e. The SMILES string of the molecule is C[C@H]1CN(Cc2ccc(F)cc2)CCN1C(=O)C=Cc1ccc(Cl)cc1C#CC1(O)CCN(C)CC1. The van der Waals surface area contributed by atoms with Gasteiger partial charge in [0.2, 0.25) is 5.91 Å². The Morgan fingerprint density at radius 1 is 1.17 bits per heavy atom. The second kappa shape index (κ2) is 11.6. The van der Waals surface area contributed by atoms with Crippen LogP contribution < -0.4 is 0 Å². The summed E-state index contributed by atoms with van der Waals surface area (Å²) in [6, 6.07) is 12.0. The number of amides is 1. The second-order valence-corrected chi connectivity index (χ2v) is 10.3. The molecule has 0 bridgehead atoms. The van der Waals surface area contributed by atoms with E-state index in [0.717, 1.165) is 43.9 Å². The van der Waals surface area contributed by atoms with Crippen molar-refractivity contribution in [2.45, 2.75) is 38.0 Å². The molecule has 2 fully saturated rings. The number of piperazine rings is 1. The van der Waals surface area contributed by atoms with E-state index >= 15 is 0 Å². The number of benzene rings is 2. The van der Waals surface area contributed by atoms with Crippen molar-refractivity contribution in [3.8, 4) is 11.8 Å². The summed E-state index contributed by atoms with van der Waals surface area (Å²) in [5.41, 5.74) is 1.54. The van der Waals surface area contributed by atoms with Crippen molar-refractivity contribution in [2.24, 2.45) is 0 Å². The van der Waals surface area contributed by atoms with Gasteiger partial charge in [0.25, 0.3) is 0 Å². The Hall–Kier alpha value is -2.69. The first-order valence-corrected chi connectivity index (χ1v) is 12.8. The molecule has 0 radical (unpaired) electrons. The van der Waals surface area contributed by atoms with Gasteiger partial charge in [0, 0.05) is 74.8 Å². The van der Waals surface area contributed by atoms with E-state index in [1.807, 2.05) is 24.9 Å². The average molecular weight is 510 g/mol. The highest BCUT2D eigenvalue weighted by atomic mass is 35.5. The summed E-state index contributed by atoms with van der Waals surface area (Å²) >= 11 is 6.22. The van der Waals surface area contributed by atoms with E-state index in [4.69, 9.17) is 11.6 Å². The first kappa shape index (κ1) is 26.4. The molecule has 2 aliphatic rings. The Bertz CT molecular complexity index is 1160. The summed E-state index contributed by atoms with van der Waals surface area (Å²) < 4.78 is 13.2. The molecule has 0 unspecified atom stereocenters. The third-order valence-electron chi connectivity index (χ3n) is 6.98. The van der Waals surface area contributed by atoms with Crippen molar-refractivity contribution >= 4 is 23.6 Å². The third kappa shape index (κ3) is 6.96. The lowest BCUT2D eigenvalue weighted by Crippen LogP contribution is -2.53. The Balaban J connectivity index is 1.40. The number of nitrogens with zero attached hydrogens (tertiary/aromatic N) is 3. The van der Waals surface area contributed by atoms with E-state index in [-0.39, 0.29) is 17.8 Å². The molecule has 1 amide bonds. The standard InChI is InChI=1S/C29H33ClFN3O2/c1-22-20-33(21-23-3-8-27(31)9-4-23)17-18-34(22)28(35)10-6-24-5-7-26(30)19-25(24)11-12-29(36)13-15-32(2)16-14-29/h3-10,19,22,36H,13-18,20-21H2,1-2H3/t22-/m0/s1. The maximum Gasteiger partial charge on any atom is 0.246 e. The minimum Gasteiger partial charge on any atom is -0.377 e. The van der Waals surface area contributed by atoms with Gasteiger partial charge in [-0.1, -0.05) is 41.6 Å². The Labute approximate surface area is 218 Å². The first-order valence-electron chi connectivity index (χ1n) is 12.4. The summed E-state index contributed by atoms with van der Waals surface area (Å²) in [7, 11) is 2.04. The summed E-state index contributed by atoms with van der Waals surface area (Å²) in [5.74, 6) is 5.88. The van der Waals surface area contributed by atoms with Gasteiger partial charge in [0.05, 0.1) is 0 Å². The Morgan fingerprint density at radius 3 is 2.58 bits per heavy atom. The number of aliphatic hydroxyl groups is 1. The van der Waals surface area contributed by atoms with Gasteiger partial charge in [0.1, 0.15) is 11.4 Å². The van der Waals surface area contributed by atoms with E-state index in [0.29, 0.717) is 30.0 Å². The fraction of sp³-hybridized carbons (Fsp3) is 0.414. The highest BCUT2D eigenvalue weighted by Crippen LogP contribution is 2.22. The van der Waals surface area contributed by atoms with Crippen LogP contribution in [0.3, 0.4) is 0 Å². The van der Waals surface area contributed by atoms with Crippen LogP contribution in [0.4, 0.5) is 4.39 Å². The molecular weight excluding hydrogens is 477 g/mol. The summed E-state index contributed by atoms with van der Waals surface area (Å²) in [4.78, 5) is 19.4. The molecule has 190 valence electrons. The van der Waals surface area contributed by atoms with Crippen molar-refractivity contribution in [1.82, 2.24) is 14.7 Å². The zero-order valence-corrected chi connectivity index (χ0v) is 21.6. The lowest BCUT2D eigenvalue weighted by Gasteiger charge is -2.39. The summed E-state index contributed by atoms with van der Waals surface area (Å²) in [6.45, 7) is 6.52. The zero-order chi connectivity index (χ0) is 25.7. The van der Waals surface area contributed by atoms with Crippen LogP contribution in [-0.2, 0) is 11.3 Å². The number of hydrogen-bond acceptors (Lipinski definition) is 4. The molecule has 2 saturated heterocycles. The molecule has 0 aliphatic carbocycles. The average Bonchev–Trinajstić information content (AvgIpc) is 2.85. The van der Waals surface area contributed by atoms with Crippen LogP contribution in [-0.4, -0.2) is 77.1 Å². The minimum atomic E-state index is -1.01. The Morgan fingerprint density at radius 2 is 1.89 bits per heavy atom. The molecule has 7 heteroatoms. The number of halogens is 2. The van der Waals surface area contributed by atoms with Crippen LogP contribution in [0, 0.1) is 17.7 Å². The third-order valence-corrected chi connectivity index (χ3v) is 7.21. The maximum atomic E-state index is 13.2. The smallest absolute Gasteiger partial charge is 0.246 e. The quantitative estimate of drug-likeness (QED) is 0.499. The highest BCUT2D eigenvalue weighted by molar-refractivity contribution is 6.30. The van der Waals surface area contributed by atoms with E-state index in [2.05, 4.69) is 21.6 Å². The lowest BCUT2D eigenvalue weighted by molar-refractivity contribution is -0.130. The van der Waals surface area contributed by atoms with Gasteiger partial charge in [-0.3, -0.25) is 9.69 Å². The molecule has 1 N–H and O–H groups in total. The lowest BCUT2D eigenvalue weighted by atomic mass is 9.92. The normalized spacial score (nSPS) is 20.8. The van der Waals surface area contributed by atoms with Gasteiger partial charge in [-0.15, -0.1) is 0 Å². The van der Waals surface area contributed by atoms with E-state index in [1.165, 1.54) is 12.1 Å². The van der Waals surface area contributed by atoms with Crippen LogP contribution in [0.2, 0.25) is 5.02 Å². The van der Waals surface area contributed by atoms with Gasteiger partial charge in [0.15, 0.2) is 0 Å². The number of rotatable bonds is 4. The molecule has 2 aromatic rings. The molecule has 2 aliphatic heterocycles. The monoisotopic (exact) mass is 509 g/mol. The van der Waals surface area contributed by atoms with Crippen molar-refractivity contribution in [3.63, 3.8) is 0 Å². The summed E-state index contributed by atoms with van der Waals surface area (Å²) in [6.07, 6.45) is 4.57. The van der Waals surface area contributed by atoms with Crippen LogP contribution in [0.1, 0.15) is 36.5 Å². The van der Waals surface area contributed by atoms with Crippen molar-refractivity contribution in [3.05, 3.63) is 76.1 Å². The molecule has 2 aromatic carbocycles. The van der Waals surface area contributed by atoms with Gasteiger partial charge < -0.3 is 14.9 Å². The number of likely N-dealkylation sites (tertiary alicyclic amines) is 1. The molecule has 4 rings (SSSR count). The predicted octanol–water partition coefficient (Wildman–Crippen LogP) is 4.03. The second-order valence-electron chi connectivity index (χ2n) is 9.89. The number of piperidine rings is 1. The first-order chi connectivity index (χ1) is 17.2. The predicted molar refractivity (Wildman–Crippen MR) is 142 cm³/mol. The number of hydrogen-bond donors (Lipinski definition) is 1. The molecule has 0 spiro atoms. The van der Waals surface area contributed by atoms with Crippen LogP contribution >= 0.6 is 11.6 Å². The Kier molecular flexibility index (Phi) is 8.48. The van der Waals surface area contributed by atoms with Gasteiger partial charge in [-0.25, -0.2) is 4.39 Å². The van der Waals surface area contributed by atoms with Crippen LogP contribution in [0.25, 0.3) is 6.08 Å². The fourth-order valence-corrected chi connectivity index (χ4v) is 4.86. The molecule has 2 heterocycles. The topological polar surface area (TPSA) is 47.0 Å². The van der Waals surface area contributed by atoms with Gasteiger partial charge in [-0.05, 0) is 55.4 Å². The van der Waals surface area contributed by atoms with Crippen LogP contribution in [0.5, 0.6) is 0 Å². The number of carbonyl (C=O) groups excluding carboxylic acids is 1. The van der Waals surface area contributed by atoms with Crippen LogP contribution in [0.15, 0.2) is 48.5 Å². The van der Waals surface area contributed by atoms with Crippen molar-refractivity contribution < 1.29 is 14.3 Å². The fourth-order valence-electron chi connectivity index (χ4n) is 4.69. The maximum absolute atomic E-state index is 13.2. The highest BCUT2D eigenvalue weighted by Gasteiger charge is 2.29. The van der Waals surface area contributed by atoms with Crippen molar-refractivity contribution in [2.75, 3.05) is 39.8 Å². The molecular formula is C29H33ClFN3O2. The zero-order valence-electron chi connectivity index (χ0n) is 20.9. The van der Waals surface area contributed by atoms with E-state index < -0.39 is 5.60 Å². The minimum absolute atomic E-state index is 0.0493. The van der Waals surface area contributed by atoms with Crippen molar-refractivity contribution in [1.29, 1.82) is 0 Å². The van der Waals surface area contributed by atoms with Gasteiger partial charge in [-0.2, -0.15) is 0 Å². The molecule has 0 aromatic heterocycles. The molecule has 5 nitrogen and oxygen atoms in total. The number of carbonyl (C=O) groups is 1. The summed E-state index contributed by atoms with van der Waals surface area (Å²) in [5, 5.41) is 11.4. The van der Waals surface area contributed by atoms with Gasteiger partial charge >= 0.3 is 0 Å². The van der Waals surface area contributed by atoms with E-state index in [9.17, 15) is 14.3 Å².